The van der Waals surface area contributed by atoms with Gasteiger partial charge in [-0.2, -0.15) is 11.8 Å². The Morgan fingerprint density at radius 3 is 3.00 bits per heavy atom. The minimum atomic E-state index is -0.121. The van der Waals surface area contributed by atoms with E-state index in [9.17, 15) is 4.79 Å². The van der Waals surface area contributed by atoms with Crippen LogP contribution in [0.3, 0.4) is 0 Å². The lowest BCUT2D eigenvalue weighted by Gasteiger charge is -2.12. The molecular formula is C14H22N4OS. The molecule has 1 heterocycles. The Morgan fingerprint density at radius 1 is 1.45 bits per heavy atom. The second-order valence-corrected chi connectivity index (χ2v) is 6.20. The van der Waals surface area contributed by atoms with Gasteiger partial charge < -0.3 is 10.6 Å². The third-order valence-corrected chi connectivity index (χ3v) is 4.57. The fourth-order valence-electron chi connectivity index (χ4n) is 2.36. The standard InChI is InChI=1S/C14H22N4OS/c1-3-6-16-13-9-15-8-12(18-13)14(19)17-10-4-5-11(7-10)20-2/h8-11H,3-7H2,1-2H3,(H,16,18)(H,17,19). The van der Waals surface area contributed by atoms with Crippen LogP contribution in [0.2, 0.25) is 0 Å². The monoisotopic (exact) mass is 294 g/mol. The van der Waals surface area contributed by atoms with Crippen LogP contribution in [0.25, 0.3) is 0 Å². The molecule has 1 aliphatic rings. The van der Waals surface area contributed by atoms with Crippen LogP contribution in [-0.2, 0) is 0 Å². The molecule has 2 atom stereocenters. The van der Waals surface area contributed by atoms with Crippen molar-refractivity contribution in [3.8, 4) is 0 Å². The maximum Gasteiger partial charge on any atom is 0.271 e. The minimum absolute atomic E-state index is 0.121. The average Bonchev–Trinajstić information content (AvgIpc) is 2.93. The molecule has 2 unspecified atom stereocenters. The molecule has 0 bridgehead atoms. The molecule has 5 nitrogen and oxygen atoms in total. The number of amides is 1. The number of anilines is 1. The highest BCUT2D eigenvalue weighted by atomic mass is 32.2. The van der Waals surface area contributed by atoms with Crippen molar-refractivity contribution < 1.29 is 4.79 Å². The zero-order chi connectivity index (χ0) is 14.4. The first-order valence-electron chi connectivity index (χ1n) is 7.12. The lowest BCUT2D eigenvalue weighted by Crippen LogP contribution is -2.33. The van der Waals surface area contributed by atoms with Gasteiger partial charge in [0.15, 0.2) is 0 Å². The van der Waals surface area contributed by atoms with Gasteiger partial charge in [0.1, 0.15) is 11.5 Å². The molecule has 20 heavy (non-hydrogen) atoms. The van der Waals surface area contributed by atoms with Gasteiger partial charge in [0.05, 0.1) is 12.4 Å². The molecule has 1 aromatic rings. The summed E-state index contributed by atoms with van der Waals surface area (Å²) in [5.74, 6) is 0.539. The highest BCUT2D eigenvalue weighted by Crippen LogP contribution is 2.28. The van der Waals surface area contributed by atoms with Gasteiger partial charge in [0, 0.05) is 17.8 Å². The van der Waals surface area contributed by atoms with Gasteiger partial charge in [0.2, 0.25) is 0 Å². The van der Waals surface area contributed by atoms with Crippen LogP contribution >= 0.6 is 11.8 Å². The van der Waals surface area contributed by atoms with Crippen LogP contribution in [0.1, 0.15) is 43.1 Å². The number of carbonyl (C=O) groups is 1. The first kappa shape index (κ1) is 15.1. The molecule has 0 radical (unpaired) electrons. The van der Waals surface area contributed by atoms with Crippen LogP contribution in [0, 0.1) is 0 Å². The van der Waals surface area contributed by atoms with E-state index in [4.69, 9.17) is 0 Å². The van der Waals surface area contributed by atoms with E-state index in [-0.39, 0.29) is 11.9 Å². The molecule has 6 heteroatoms. The van der Waals surface area contributed by atoms with Crippen molar-refractivity contribution in [2.45, 2.75) is 43.9 Å². The number of rotatable bonds is 6. The van der Waals surface area contributed by atoms with Gasteiger partial charge in [-0.25, -0.2) is 4.98 Å². The van der Waals surface area contributed by atoms with E-state index >= 15 is 0 Å². The van der Waals surface area contributed by atoms with Gasteiger partial charge in [0.25, 0.3) is 5.91 Å². The molecule has 1 aliphatic carbocycles. The Kier molecular flexibility index (Phi) is 5.64. The van der Waals surface area contributed by atoms with E-state index in [0.717, 1.165) is 25.8 Å². The summed E-state index contributed by atoms with van der Waals surface area (Å²) in [6.45, 7) is 2.91. The summed E-state index contributed by atoms with van der Waals surface area (Å²) in [5, 5.41) is 6.87. The van der Waals surface area contributed by atoms with Crippen molar-refractivity contribution in [1.82, 2.24) is 15.3 Å². The van der Waals surface area contributed by atoms with Gasteiger partial charge in [-0.05, 0) is 31.9 Å². The Labute approximate surface area is 124 Å². The number of nitrogens with zero attached hydrogens (tertiary/aromatic N) is 2. The summed E-state index contributed by atoms with van der Waals surface area (Å²) < 4.78 is 0. The van der Waals surface area contributed by atoms with Crippen LogP contribution in [-0.4, -0.2) is 40.0 Å². The Hall–Kier alpha value is -1.30. The van der Waals surface area contributed by atoms with Gasteiger partial charge in [-0.3, -0.25) is 9.78 Å². The van der Waals surface area contributed by atoms with E-state index in [1.54, 1.807) is 6.20 Å². The molecule has 1 amide bonds. The second kappa shape index (κ2) is 7.47. The largest absolute Gasteiger partial charge is 0.369 e. The van der Waals surface area contributed by atoms with E-state index in [1.807, 2.05) is 11.8 Å². The van der Waals surface area contributed by atoms with Gasteiger partial charge >= 0.3 is 0 Å². The molecular weight excluding hydrogens is 272 g/mol. The van der Waals surface area contributed by atoms with Crippen molar-refractivity contribution in [3.63, 3.8) is 0 Å². The maximum atomic E-state index is 12.2. The van der Waals surface area contributed by atoms with Crippen molar-refractivity contribution in [3.05, 3.63) is 18.1 Å². The molecule has 1 saturated carbocycles. The number of hydrogen-bond donors (Lipinski definition) is 2. The molecule has 0 spiro atoms. The van der Waals surface area contributed by atoms with E-state index in [1.165, 1.54) is 12.6 Å². The fraction of sp³-hybridized carbons (Fsp3) is 0.643. The molecule has 1 fully saturated rings. The zero-order valence-electron chi connectivity index (χ0n) is 12.1. The topological polar surface area (TPSA) is 66.9 Å². The summed E-state index contributed by atoms with van der Waals surface area (Å²) in [5.41, 5.74) is 0.388. The lowest BCUT2D eigenvalue weighted by molar-refractivity contribution is 0.0932. The summed E-state index contributed by atoms with van der Waals surface area (Å²) >= 11 is 1.88. The predicted octanol–water partition coefficient (Wildman–Crippen LogP) is 2.31. The lowest BCUT2D eigenvalue weighted by atomic mass is 10.2. The van der Waals surface area contributed by atoms with Gasteiger partial charge in [-0.1, -0.05) is 6.92 Å². The number of nitrogens with one attached hydrogen (secondary N) is 2. The van der Waals surface area contributed by atoms with Crippen LogP contribution < -0.4 is 10.6 Å². The molecule has 0 aliphatic heterocycles. The first-order valence-corrected chi connectivity index (χ1v) is 8.41. The minimum Gasteiger partial charge on any atom is -0.369 e. The summed E-state index contributed by atoms with van der Waals surface area (Å²) in [6.07, 6.45) is 9.58. The SMILES string of the molecule is CCCNc1cncc(C(=O)NC2CCC(SC)C2)n1. The molecule has 2 N–H and O–H groups in total. The van der Waals surface area contributed by atoms with E-state index in [0.29, 0.717) is 16.8 Å². The zero-order valence-corrected chi connectivity index (χ0v) is 12.9. The highest BCUT2D eigenvalue weighted by molar-refractivity contribution is 7.99. The van der Waals surface area contributed by atoms with Crippen molar-refractivity contribution in [2.24, 2.45) is 0 Å². The molecule has 110 valence electrons. The maximum absolute atomic E-state index is 12.2. The Morgan fingerprint density at radius 2 is 2.30 bits per heavy atom. The van der Waals surface area contributed by atoms with Crippen molar-refractivity contribution in [1.29, 1.82) is 0 Å². The van der Waals surface area contributed by atoms with Crippen molar-refractivity contribution >= 4 is 23.5 Å². The summed E-state index contributed by atoms with van der Waals surface area (Å²) in [7, 11) is 0. The number of carbonyl (C=O) groups excluding carboxylic acids is 1. The number of hydrogen-bond acceptors (Lipinski definition) is 5. The second-order valence-electron chi connectivity index (χ2n) is 5.06. The smallest absolute Gasteiger partial charge is 0.271 e. The summed E-state index contributed by atoms with van der Waals surface area (Å²) in [6, 6.07) is 0.272. The number of thioether (sulfide) groups is 1. The fourth-order valence-corrected chi connectivity index (χ4v) is 3.15. The Bertz CT molecular complexity index is 455. The van der Waals surface area contributed by atoms with Crippen molar-refractivity contribution in [2.75, 3.05) is 18.1 Å². The van der Waals surface area contributed by atoms with E-state index in [2.05, 4.69) is 33.8 Å². The summed E-state index contributed by atoms with van der Waals surface area (Å²) in [4.78, 5) is 20.5. The van der Waals surface area contributed by atoms with Crippen LogP contribution in [0.4, 0.5) is 5.82 Å². The van der Waals surface area contributed by atoms with Crippen LogP contribution in [0.15, 0.2) is 12.4 Å². The predicted molar refractivity (Wildman–Crippen MR) is 83.2 cm³/mol. The third-order valence-electron chi connectivity index (χ3n) is 3.48. The number of aromatic nitrogens is 2. The normalized spacial score (nSPS) is 21.7. The van der Waals surface area contributed by atoms with E-state index < -0.39 is 0 Å². The molecule has 2 rings (SSSR count). The average molecular weight is 294 g/mol. The molecule has 0 aromatic carbocycles. The van der Waals surface area contributed by atoms with Gasteiger partial charge in [-0.15, -0.1) is 0 Å². The highest BCUT2D eigenvalue weighted by Gasteiger charge is 2.25. The van der Waals surface area contributed by atoms with Crippen LogP contribution in [0.5, 0.6) is 0 Å². The third kappa shape index (κ3) is 4.10. The Balaban J connectivity index is 1.92. The molecule has 1 aromatic heterocycles. The quantitative estimate of drug-likeness (QED) is 0.843. The first-order chi connectivity index (χ1) is 9.72. The molecule has 0 saturated heterocycles.